The highest BCUT2D eigenvalue weighted by Crippen LogP contribution is 2.24. The zero-order chi connectivity index (χ0) is 14.7. The van der Waals surface area contributed by atoms with Crippen LogP contribution in [-0.2, 0) is 9.47 Å². The van der Waals surface area contributed by atoms with Gasteiger partial charge in [0.2, 0.25) is 0 Å². The van der Waals surface area contributed by atoms with E-state index in [-0.39, 0.29) is 12.0 Å². The fourth-order valence-electron chi connectivity index (χ4n) is 3.17. The number of fused-ring (bicyclic) bond motifs is 1. The Balaban J connectivity index is 1.67. The van der Waals surface area contributed by atoms with Gasteiger partial charge in [-0.15, -0.1) is 0 Å². The Labute approximate surface area is 125 Å². The van der Waals surface area contributed by atoms with Crippen LogP contribution in [0.25, 0.3) is 0 Å². The molecule has 2 fully saturated rings. The molecule has 1 aromatic rings. The number of methoxy groups -OCH3 is 1. The van der Waals surface area contributed by atoms with Crippen molar-refractivity contribution in [3.8, 4) is 0 Å². The van der Waals surface area contributed by atoms with E-state index in [1.54, 1.807) is 7.11 Å². The quantitative estimate of drug-likeness (QED) is 0.825. The first-order chi connectivity index (χ1) is 10.3. The third-order valence-corrected chi connectivity index (χ3v) is 4.31. The van der Waals surface area contributed by atoms with Gasteiger partial charge < -0.3 is 14.4 Å². The minimum atomic E-state index is 0.0975. The molecule has 0 unspecified atom stereocenters. The largest absolute Gasteiger partial charge is 0.383 e. The van der Waals surface area contributed by atoms with Crippen LogP contribution in [0, 0.1) is 0 Å². The van der Waals surface area contributed by atoms with Crippen LogP contribution in [0.5, 0.6) is 0 Å². The predicted molar refractivity (Wildman–Crippen MR) is 79.3 cm³/mol. The van der Waals surface area contributed by atoms with Crippen LogP contribution in [0.1, 0.15) is 10.4 Å². The highest BCUT2D eigenvalue weighted by Gasteiger charge is 2.41. The van der Waals surface area contributed by atoms with Gasteiger partial charge in [-0.3, -0.25) is 9.69 Å². The van der Waals surface area contributed by atoms with Crippen LogP contribution >= 0.6 is 0 Å². The van der Waals surface area contributed by atoms with Gasteiger partial charge in [-0.1, -0.05) is 18.2 Å². The number of ether oxygens (including phenoxy) is 2. The fourth-order valence-corrected chi connectivity index (χ4v) is 3.17. The molecule has 0 spiro atoms. The third-order valence-electron chi connectivity index (χ3n) is 4.31. The second kappa shape index (κ2) is 6.56. The minimum Gasteiger partial charge on any atom is -0.383 e. The van der Waals surface area contributed by atoms with E-state index >= 15 is 0 Å². The maximum Gasteiger partial charge on any atom is 0.253 e. The zero-order valence-corrected chi connectivity index (χ0v) is 12.4. The molecule has 21 heavy (non-hydrogen) atoms. The summed E-state index contributed by atoms with van der Waals surface area (Å²) in [5, 5.41) is 0. The molecule has 0 saturated carbocycles. The van der Waals surface area contributed by atoms with Crippen molar-refractivity contribution < 1.29 is 14.3 Å². The summed E-state index contributed by atoms with van der Waals surface area (Å²) < 4.78 is 11.0. The Hall–Kier alpha value is -1.43. The van der Waals surface area contributed by atoms with Gasteiger partial charge in [0.15, 0.2) is 0 Å². The number of nitrogens with zero attached hydrogens (tertiary/aromatic N) is 2. The van der Waals surface area contributed by atoms with Gasteiger partial charge in [0.1, 0.15) is 0 Å². The lowest BCUT2D eigenvalue weighted by atomic mass is 10.1. The SMILES string of the molecule is COCCN1CCO[C@H]2CN(C(=O)c3ccccc3)C[C@H]21. The molecule has 0 aromatic heterocycles. The van der Waals surface area contributed by atoms with Crippen molar-refractivity contribution in [3.63, 3.8) is 0 Å². The number of morpholine rings is 1. The van der Waals surface area contributed by atoms with E-state index in [4.69, 9.17) is 9.47 Å². The Morgan fingerprint density at radius 1 is 1.33 bits per heavy atom. The van der Waals surface area contributed by atoms with Crippen molar-refractivity contribution in [2.75, 3.05) is 46.5 Å². The molecule has 0 aliphatic carbocycles. The molecular formula is C16H22N2O3. The van der Waals surface area contributed by atoms with E-state index in [1.165, 1.54) is 0 Å². The van der Waals surface area contributed by atoms with Crippen LogP contribution in [0.15, 0.2) is 30.3 Å². The molecule has 5 nitrogen and oxygen atoms in total. The van der Waals surface area contributed by atoms with Crippen molar-refractivity contribution in [1.82, 2.24) is 9.80 Å². The number of carbonyl (C=O) groups excluding carboxylic acids is 1. The van der Waals surface area contributed by atoms with Crippen LogP contribution in [0.4, 0.5) is 0 Å². The lowest BCUT2D eigenvalue weighted by Gasteiger charge is -2.36. The molecule has 2 atom stereocenters. The number of rotatable bonds is 4. The maximum atomic E-state index is 12.5. The second-order valence-corrected chi connectivity index (χ2v) is 5.58. The summed E-state index contributed by atoms with van der Waals surface area (Å²) >= 11 is 0. The lowest BCUT2D eigenvalue weighted by Crippen LogP contribution is -2.51. The zero-order valence-electron chi connectivity index (χ0n) is 12.4. The van der Waals surface area contributed by atoms with Crippen molar-refractivity contribution >= 4 is 5.91 Å². The normalized spacial score (nSPS) is 25.9. The van der Waals surface area contributed by atoms with Crippen molar-refractivity contribution in [2.45, 2.75) is 12.1 Å². The molecule has 114 valence electrons. The molecule has 2 heterocycles. The van der Waals surface area contributed by atoms with E-state index in [9.17, 15) is 4.79 Å². The van der Waals surface area contributed by atoms with Crippen molar-refractivity contribution in [1.29, 1.82) is 0 Å². The third kappa shape index (κ3) is 3.10. The molecule has 2 aliphatic rings. The molecule has 1 amide bonds. The number of carbonyl (C=O) groups is 1. The molecule has 1 aromatic carbocycles. The van der Waals surface area contributed by atoms with Crippen LogP contribution < -0.4 is 0 Å². The Bertz CT molecular complexity index is 480. The van der Waals surface area contributed by atoms with Crippen molar-refractivity contribution in [2.24, 2.45) is 0 Å². The summed E-state index contributed by atoms with van der Waals surface area (Å²) in [5.74, 6) is 0.0975. The van der Waals surface area contributed by atoms with Crippen LogP contribution in [0.3, 0.4) is 0 Å². The molecular weight excluding hydrogens is 268 g/mol. The summed E-state index contributed by atoms with van der Waals surface area (Å²) in [6, 6.07) is 9.76. The first-order valence-corrected chi connectivity index (χ1v) is 7.48. The van der Waals surface area contributed by atoms with Gasteiger partial charge in [-0.2, -0.15) is 0 Å². The topological polar surface area (TPSA) is 42.0 Å². The molecule has 3 rings (SSSR count). The summed E-state index contributed by atoms with van der Waals surface area (Å²) in [6.07, 6.45) is 0.128. The Kier molecular flexibility index (Phi) is 4.53. The number of hydrogen-bond acceptors (Lipinski definition) is 4. The van der Waals surface area contributed by atoms with Gasteiger partial charge in [0.25, 0.3) is 5.91 Å². The summed E-state index contributed by atoms with van der Waals surface area (Å²) in [6.45, 7) is 4.68. The number of amides is 1. The van der Waals surface area contributed by atoms with E-state index in [1.807, 2.05) is 35.2 Å². The standard InChI is InChI=1S/C16H22N2O3/c1-20-9-7-17-8-10-21-15-12-18(11-14(15)17)16(19)13-5-3-2-4-6-13/h2-6,14-15H,7-12H2,1H3/t14-,15+/m1/s1. The highest BCUT2D eigenvalue weighted by atomic mass is 16.5. The summed E-state index contributed by atoms with van der Waals surface area (Å²) in [7, 11) is 1.72. The Morgan fingerprint density at radius 2 is 2.14 bits per heavy atom. The summed E-state index contributed by atoms with van der Waals surface area (Å²) in [4.78, 5) is 16.8. The maximum absolute atomic E-state index is 12.5. The van der Waals surface area contributed by atoms with E-state index in [0.717, 1.165) is 38.4 Å². The molecule has 0 N–H and O–H groups in total. The first-order valence-electron chi connectivity index (χ1n) is 7.48. The predicted octanol–water partition coefficient (Wildman–Crippen LogP) is 0.858. The summed E-state index contributed by atoms with van der Waals surface area (Å²) in [5.41, 5.74) is 0.750. The van der Waals surface area contributed by atoms with Crippen molar-refractivity contribution in [3.05, 3.63) is 35.9 Å². The second-order valence-electron chi connectivity index (χ2n) is 5.58. The minimum absolute atomic E-state index is 0.0975. The highest BCUT2D eigenvalue weighted by molar-refractivity contribution is 5.94. The average Bonchev–Trinajstić information content (AvgIpc) is 2.97. The Morgan fingerprint density at radius 3 is 2.90 bits per heavy atom. The first kappa shape index (κ1) is 14.5. The number of benzene rings is 1. The number of likely N-dealkylation sites (tertiary alicyclic amines) is 1. The van der Waals surface area contributed by atoms with E-state index < -0.39 is 0 Å². The monoisotopic (exact) mass is 290 g/mol. The van der Waals surface area contributed by atoms with Crippen LogP contribution in [-0.4, -0.2) is 74.4 Å². The molecule has 0 bridgehead atoms. The van der Waals surface area contributed by atoms with Gasteiger partial charge >= 0.3 is 0 Å². The lowest BCUT2D eigenvalue weighted by molar-refractivity contribution is -0.0526. The van der Waals surface area contributed by atoms with Crippen LogP contribution in [0.2, 0.25) is 0 Å². The van der Waals surface area contributed by atoms with E-state index in [0.29, 0.717) is 12.6 Å². The van der Waals surface area contributed by atoms with Gasteiger partial charge in [-0.05, 0) is 12.1 Å². The van der Waals surface area contributed by atoms with Gasteiger partial charge in [-0.25, -0.2) is 0 Å². The molecule has 2 aliphatic heterocycles. The molecule has 0 radical (unpaired) electrons. The van der Waals surface area contributed by atoms with Gasteiger partial charge in [0, 0.05) is 38.9 Å². The molecule has 5 heteroatoms. The molecule has 2 saturated heterocycles. The van der Waals surface area contributed by atoms with Gasteiger partial charge in [0.05, 0.1) is 25.4 Å². The smallest absolute Gasteiger partial charge is 0.253 e. The number of hydrogen-bond donors (Lipinski definition) is 0. The average molecular weight is 290 g/mol. The van der Waals surface area contributed by atoms with E-state index in [2.05, 4.69) is 4.90 Å². The fraction of sp³-hybridized carbons (Fsp3) is 0.562.